The molecule has 0 saturated heterocycles. The summed E-state index contributed by atoms with van der Waals surface area (Å²) in [6.07, 6.45) is 11.6. The molecule has 0 aliphatic heterocycles. The summed E-state index contributed by atoms with van der Waals surface area (Å²) in [5.41, 5.74) is 0.623. The molecule has 1 nitrogen and oxygen atoms in total. The summed E-state index contributed by atoms with van der Waals surface area (Å²) in [6.45, 7) is 9.71. The van der Waals surface area contributed by atoms with E-state index >= 15 is 0 Å². The van der Waals surface area contributed by atoms with Crippen LogP contribution in [0.2, 0.25) is 0 Å². The third kappa shape index (κ3) is 2.61. The lowest BCUT2D eigenvalue weighted by molar-refractivity contribution is -0.958. The van der Waals surface area contributed by atoms with Crippen molar-refractivity contribution >= 4 is 0 Å². The van der Waals surface area contributed by atoms with Gasteiger partial charge in [0.1, 0.15) is 0 Å². The molecule has 0 aromatic rings. The van der Waals surface area contributed by atoms with E-state index in [4.69, 9.17) is 0 Å². The summed E-state index contributed by atoms with van der Waals surface area (Å²) in [4.78, 5) is 0. The van der Waals surface area contributed by atoms with E-state index in [2.05, 4.69) is 27.8 Å². The fraction of sp³-hybridized carbons (Fsp3) is 1.00. The van der Waals surface area contributed by atoms with Gasteiger partial charge < -0.3 is 4.48 Å². The van der Waals surface area contributed by atoms with Gasteiger partial charge in [-0.05, 0) is 33.1 Å². The van der Waals surface area contributed by atoms with Gasteiger partial charge in [-0.2, -0.15) is 0 Å². The van der Waals surface area contributed by atoms with Crippen LogP contribution in [0.3, 0.4) is 0 Å². The van der Waals surface area contributed by atoms with Crippen LogP contribution in [-0.2, 0) is 0 Å². The quantitative estimate of drug-likeness (QED) is 0.590. The zero-order chi connectivity index (χ0) is 12.1. The fourth-order valence-corrected chi connectivity index (χ4v) is 3.67. The Morgan fingerprint density at radius 3 is 1.94 bits per heavy atom. The summed E-state index contributed by atoms with van der Waals surface area (Å²) in [7, 11) is 2.50. The summed E-state index contributed by atoms with van der Waals surface area (Å²) in [5.74, 6) is 0. The Hall–Kier alpha value is -0.0400. The Morgan fingerprint density at radius 1 is 0.938 bits per heavy atom. The Balaban J connectivity index is 2.83. The van der Waals surface area contributed by atoms with Gasteiger partial charge in [-0.1, -0.05) is 19.8 Å². The molecule has 96 valence electrons. The Kier molecular flexibility index (Phi) is 5.30. The van der Waals surface area contributed by atoms with E-state index in [1.165, 1.54) is 68.9 Å². The maximum absolute atomic E-state index is 2.50. The predicted octanol–water partition coefficient (Wildman–Crippen LogP) is 4.37. The molecular formula is C15H32N+. The van der Waals surface area contributed by atoms with E-state index in [1.54, 1.807) is 0 Å². The topological polar surface area (TPSA) is 0 Å². The van der Waals surface area contributed by atoms with Crippen LogP contribution in [-0.4, -0.2) is 30.2 Å². The molecule has 0 bridgehead atoms. The lowest BCUT2D eigenvalue weighted by atomic mass is 9.75. The first kappa shape index (κ1) is 14.0. The van der Waals surface area contributed by atoms with Gasteiger partial charge in [-0.3, -0.25) is 0 Å². The number of hydrogen-bond donors (Lipinski definition) is 0. The van der Waals surface area contributed by atoms with Crippen molar-refractivity contribution in [1.82, 2.24) is 0 Å². The maximum atomic E-state index is 2.50. The highest BCUT2D eigenvalue weighted by Crippen LogP contribution is 2.41. The monoisotopic (exact) mass is 226 g/mol. The summed E-state index contributed by atoms with van der Waals surface area (Å²) in [6, 6.07) is 0. The molecule has 1 aliphatic rings. The largest absolute Gasteiger partial charge is 0.322 e. The highest BCUT2D eigenvalue weighted by Gasteiger charge is 2.45. The fourth-order valence-electron chi connectivity index (χ4n) is 3.67. The highest BCUT2D eigenvalue weighted by atomic mass is 15.4. The smallest absolute Gasteiger partial charge is 0.0990 e. The van der Waals surface area contributed by atoms with Crippen molar-refractivity contribution in [2.75, 3.05) is 20.1 Å². The van der Waals surface area contributed by atoms with E-state index < -0.39 is 0 Å². The van der Waals surface area contributed by atoms with Crippen LogP contribution in [0.15, 0.2) is 0 Å². The normalized spacial score (nSPS) is 21.0. The minimum absolute atomic E-state index is 0.623. The molecule has 1 aliphatic carbocycles. The van der Waals surface area contributed by atoms with Crippen molar-refractivity contribution in [2.45, 2.75) is 77.7 Å². The van der Waals surface area contributed by atoms with Crippen molar-refractivity contribution in [3.63, 3.8) is 0 Å². The maximum Gasteiger partial charge on any atom is 0.0990 e. The van der Waals surface area contributed by atoms with Crippen LogP contribution in [0.4, 0.5) is 0 Å². The van der Waals surface area contributed by atoms with Crippen molar-refractivity contribution in [2.24, 2.45) is 0 Å². The van der Waals surface area contributed by atoms with Crippen LogP contribution >= 0.6 is 0 Å². The van der Waals surface area contributed by atoms with Gasteiger partial charge in [0.2, 0.25) is 0 Å². The van der Waals surface area contributed by atoms with E-state index in [0.717, 1.165) is 0 Å². The zero-order valence-corrected chi connectivity index (χ0v) is 12.0. The lowest BCUT2D eigenvalue weighted by Crippen LogP contribution is -2.62. The molecule has 0 aromatic carbocycles. The second-order valence-corrected chi connectivity index (χ2v) is 5.92. The lowest BCUT2D eigenvalue weighted by Gasteiger charge is -2.53. The molecule has 0 heterocycles. The average molecular weight is 226 g/mol. The number of quaternary nitrogens is 1. The molecule has 0 radical (unpaired) electrons. The molecule has 0 amide bonds. The zero-order valence-electron chi connectivity index (χ0n) is 12.0. The van der Waals surface area contributed by atoms with Gasteiger partial charge in [-0.15, -0.1) is 0 Å². The Bertz CT molecular complexity index is 188. The number of rotatable bonds is 6. The Morgan fingerprint density at radius 2 is 1.50 bits per heavy atom. The van der Waals surface area contributed by atoms with Gasteiger partial charge in [0.05, 0.1) is 25.7 Å². The van der Waals surface area contributed by atoms with E-state index in [-0.39, 0.29) is 0 Å². The summed E-state index contributed by atoms with van der Waals surface area (Å²) in [5, 5.41) is 0. The van der Waals surface area contributed by atoms with Crippen LogP contribution < -0.4 is 0 Å². The molecule has 0 atom stereocenters. The second kappa shape index (κ2) is 6.05. The Labute approximate surface area is 103 Å². The van der Waals surface area contributed by atoms with Crippen molar-refractivity contribution in [1.29, 1.82) is 0 Å². The average Bonchev–Trinajstić information content (AvgIpc) is 2.36. The van der Waals surface area contributed by atoms with Gasteiger partial charge >= 0.3 is 0 Å². The van der Waals surface area contributed by atoms with Crippen molar-refractivity contribution in [3.05, 3.63) is 0 Å². The van der Waals surface area contributed by atoms with Crippen molar-refractivity contribution < 1.29 is 4.48 Å². The van der Waals surface area contributed by atoms with E-state index in [0.29, 0.717) is 5.54 Å². The van der Waals surface area contributed by atoms with E-state index in [1.807, 2.05) is 0 Å². The minimum Gasteiger partial charge on any atom is -0.322 e. The molecule has 1 rings (SSSR count). The van der Waals surface area contributed by atoms with Gasteiger partial charge in [0.25, 0.3) is 0 Å². The molecule has 0 spiro atoms. The SMILES string of the molecule is CCCCC1([N+](C)(CC)CC)CCCCC1. The van der Waals surface area contributed by atoms with Gasteiger partial charge in [-0.25, -0.2) is 0 Å². The van der Waals surface area contributed by atoms with Gasteiger partial charge in [0, 0.05) is 19.3 Å². The summed E-state index contributed by atoms with van der Waals surface area (Å²) >= 11 is 0. The molecular weight excluding hydrogens is 194 g/mol. The molecule has 1 heteroatoms. The summed E-state index contributed by atoms with van der Waals surface area (Å²) < 4.78 is 1.31. The minimum atomic E-state index is 0.623. The molecule has 0 N–H and O–H groups in total. The number of hydrogen-bond acceptors (Lipinski definition) is 0. The molecule has 1 fully saturated rings. The van der Waals surface area contributed by atoms with Crippen LogP contribution in [0, 0.1) is 0 Å². The molecule has 16 heavy (non-hydrogen) atoms. The third-order valence-electron chi connectivity index (χ3n) is 5.32. The van der Waals surface area contributed by atoms with Crippen LogP contribution in [0.25, 0.3) is 0 Å². The standard InChI is InChI=1S/C15H32N/c1-5-8-12-15(13-10-9-11-14-15)16(4,6-2)7-3/h5-14H2,1-4H3/q+1. The molecule has 0 unspecified atom stereocenters. The van der Waals surface area contributed by atoms with Crippen molar-refractivity contribution in [3.8, 4) is 0 Å². The van der Waals surface area contributed by atoms with E-state index in [9.17, 15) is 0 Å². The number of unbranched alkanes of at least 4 members (excludes halogenated alkanes) is 1. The molecule has 1 saturated carbocycles. The number of nitrogens with zero attached hydrogens (tertiary/aromatic N) is 1. The first-order valence-electron chi connectivity index (χ1n) is 7.49. The van der Waals surface area contributed by atoms with Crippen LogP contribution in [0.1, 0.15) is 72.1 Å². The predicted molar refractivity (Wildman–Crippen MR) is 72.6 cm³/mol. The second-order valence-electron chi connectivity index (χ2n) is 5.92. The first-order valence-corrected chi connectivity index (χ1v) is 7.49. The van der Waals surface area contributed by atoms with Gasteiger partial charge in [0.15, 0.2) is 0 Å². The highest BCUT2D eigenvalue weighted by molar-refractivity contribution is 4.85. The molecule has 0 aromatic heterocycles. The van der Waals surface area contributed by atoms with Crippen LogP contribution in [0.5, 0.6) is 0 Å². The third-order valence-corrected chi connectivity index (χ3v) is 5.32. The first-order chi connectivity index (χ1) is 7.64.